The molecule has 4 nitrogen and oxygen atoms in total. The maximum Gasteiger partial charge on any atom is 0.121 e. The lowest BCUT2D eigenvalue weighted by Gasteiger charge is -2.30. The van der Waals surface area contributed by atoms with Gasteiger partial charge in [-0.2, -0.15) is 0 Å². The maximum absolute atomic E-state index is 4.34. The summed E-state index contributed by atoms with van der Waals surface area (Å²) in [6.45, 7) is 7.43. The van der Waals surface area contributed by atoms with Gasteiger partial charge in [0.25, 0.3) is 0 Å². The Hall–Kier alpha value is -1.14. The third kappa shape index (κ3) is 3.95. The number of anilines is 2. The average Bonchev–Trinajstić information content (AvgIpc) is 2.86. The average molecular weight is 325 g/mol. The van der Waals surface area contributed by atoms with E-state index < -0.39 is 0 Å². The second-order valence-corrected chi connectivity index (χ2v) is 7.80. The number of hydrogen-bond donors (Lipinski definition) is 2. The lowest BCUT2D eigenvalue weighted by Crippen LogP contribution is -2.36. The molecule has 0 unspecified atom stereocenters. The van der Waals surface area contributed by atoms with Crippen molar-refractivity contribution in [3.63, 3.8) is 0 Å². The van der Waals surface area contributed by atoms with Crippen LogP contribution in [0.5, 0.6) is 0 Å². The van der Waals surface area contributed by atoms with E-state index in [9.17, 15) is 0 Å². The fraction of sp³-hybridized carbons (Fsp3) is 0.533. The van der Waals surface area contributed by atoms with Gasteiger partial charge in [0.1, 0.15) is 10.8 Å². The highest BCUT2D eigenvalue weighted by atomic mass is 32.2. The Labute approximate surface area is 135 Å². The first-order valence-electron chi connectivity index (χ1n) is 7.16. The quantitative estimate of drug-likeness (QED) is 0.807. The van der Waals surface area contributed by atoms with Crippen LogP contribution in [0.3, 0.4) is 0 Å². The van der Waals surface area contributed by atoms with Crippen LogP contribution >= 0.6 is 23.1 Å². The highest BCUT2D eigenvalue weighted by Crippen LogP contribution is 2.44. The van der Waals surface area contributed by atoms with Crippen molar-refractivity contribution in [3.05, 3.63) is 18.0 Å². The van der Waals surface area contributed by atoms with Crippen LogP contribution in [0.4, 0.5) is 10.7 Å². The second kappa shape index (κ2) is 7.22. The predicted molar refractivity (Wildman–Crippen MR) is 97.0 cm³/mol. The molecule has 0 spiro atoms. The van der Waals surface area contributed by atoms with Gasteiger partial charge in [0.15, 0.2) is 0 Å². The summed E-state index contributed by atoms with van der Waals surface area (Å²) in [4.78, 5) is 6.65. The molecule has 116 valence electrons. The smallest absolute Gasteiger partial charge is 0.121 e. The molecular formula is C15H24N4S2. The molecule has 0 aromatic carbocycles. The standard InChI is InChI=1S/C15H24N4S2/c1-10(2)9-20-14-6-12-15(21-14)19(11(3)7-16-4)8-13(17-5)18-12/h6-7,10,16H,8-9H2,1-5H3,(H,17,18)/b11-7-. The molecule has 1 aromatic heterocycles. The largest absolute Gasteiger partial charge is 0.393 e. The van der Waals surface area contributed by atoms with Gasteiger partial charge in [0, 0.05) is 31.7 Å². The van der Waals surface area contributed by atoms with E-state index in [0.29, 0.717) is 5.92 Å². The van der Waals surface area contributed by atoms with E-state index in [0.717, 1.165) is 18.1 Å². The lowest BCUT2D eigenvalue weighted by atomic mass is 10.3. The Balaban J connectivity index is 2.29. The molecule has 0 bridgehead atoms. The highest BCUT2D eigenvalue weighted by Gasteiger charge is 2.24. The van der Waals surface area contributed by atoms with Crippen LogP contribution in [0, 0.1) is 5.92 Å². The van der Waals surface area contributed by atoms with E-state index in [2.05, 4.69) is 47.4 Å². The lowest BCUT2D eigenvalue weighted by molar-refractivity contribution is 0.750. The van der Waals surface area contributed by atoms with Gasteiger partial charge in [0.05, 0.1) is 16.4 Å². The topological polar surface area (TPSA) is 39.7 Å². The fourth-order valence-corrected chi connectivity index (χ4v) is 4.37. The van der Waals surface area contributed by atoms with E-state index >= 15 is 0 Å². The number of thioether (sulfide) groups is 1. The minimum Gasteiger partial charge on any atom is -0.393 e. The van der Waals surface area contributed by atoms with Crippen molar-refractivity contribution in [2.75, 3.05) is 36.6 Å². The summed E-state index contributed by atoms with van der Waals surface area (Å²) < 4.78 is 1.36. The first kappa shape index (κ1) is 16.2. The third-order valence-corrected chi connectivity index (χ3v) is 5.92. The zero-order valence-electron chi connectivity index (χ0n) is 13.4. The number of aliphatic imine (C=N–C) groups is 1. The Kier molecular flexibility index (Phi) is 5.58. The second-order valence-electron chi connectivity index (χ2n) is 5.44. The van der Waals surface area contributed by atoms with E-state index in [-0.39, 0.29) is 0 Å². The van der Waals surface area contributed by atoms with Gasteiger partial charge in [-0.1, -0.05) is 13.8 Å². The van der Waals surface area contributed by atoms with Crippen molar-refractivity contribution >= 4 is 39.6 Å². The molecule has 2 rings (SSSR count). The summed E-state index contributed by atoms with van der Waals surface area (Å²) in [6, 6.07) is 2.25. The summed E-state index contributed by atoms with van der Waals surface area (Å²) in [6.07, 6.45) is 2.03. The highest BCUT2D eigenvalue weighted by molar-refractivity contribution is 8.01. The molecule has 1 aromatic rings. The number of fused-ring (bicyclic) bond motifs is 1. The molecule has 0 amide bonds. The molecule has 0 saturated carbocycles. The maximum atomic E-state index is 4.34. The van der Waals surface area contributed by atoms with Crippen molar-refractivity contribution in [3.8, 4) is 0 Å². The SMILES string of the molecule is CN=C1CN(/C(C)=C\NC)c2sc(SCC(C)C)cc2N1. The Morgan fingerprint density at radius 1 is 1.62 bits per heavy atom. The monoisotopic (exact) mass is 324 g/mol. The van der Waals surface area contributed by atoms with Crippen LogP contribution in [-0.2, 0) is 0 Å². The van der Waals surface area contributed by atoms with Gasteiger partial charge < -0.3 is 15.5 Å². The molecule has 0 aliphatic carbocycles. The molecule has 0 fully saturated rings. The van der Waals surface area contributed by atoms with Gasteiger partial charge in [-0.05, 0) is 18.9 Å². The molecule has 2 N–H and O–H groups in total. The van der Waals surface area contributed by atoms with Gasteiger partial charge in [0.2, 0.25) is 0 Å². The third-order valence-electron chi connectivity index (χ3n) is 3.13. The summed E-state index contributed by atoms with van der Waals surface area (Å²) >= 11 is 3.79. The van der Waals surface area contributed by atoms with E-state index in [1.807, 2.05) is 43.4 Å². The molecular weight excluding hydrogens is 300 g/mol. The first-order valence-corrected chi connectivity index (χ1v) is 8.96. The van der Waals surface area contributed by atoms with Crippen LogP contribution < -0.4 is 15.5 Å². The van der Waals surface area contributed by atoms with E-state index in [1.165, 1.54) is 20.6 Å². The molecule has 1 aliphatic heterocycles. The van der Waals surface area contributed by atoms with Crippen molar-refractivity contribution in [2.24, 2.45) is 10.9 Å². The summed E-state index contributed by atoms with van der Waals surface area (Å²) in [5.74, 6) is 2.86. The number of rotatable bonds is 5. The van der Waals surface area contributed by atoms with Gasteiger partial charge in [-0.3, -0.25) is 4.99 Å². The molecule has 0 atom stereocenters. The number of thiophene rings is 1. The molecule has 0 saturated heterocycles. The van der Waals surface area contributed by atoms with E-state index in [1.54, 1.807) is 0 Å². The van der Waals surface area contributed by atoms with Crippen LogP contribution in [0.25, 0.3) is 0 Å². The number of amidine groups is 1. The van der Waals surface area contributed by atoms with Crippen LogP contribution in [0.1, 0.15) is 20.8 Å². The molecule has 2 heterocycles. The van der Waals surface area contributed by atoms with Crippen LogP contribution in [-0.4, -0.2) is 32.2 Å². The van der Waals surface area contributed by atoms with E-state index in [4.69, 9.17) is 0 Å². The Morgan fingerprint density at radius 3 is 3.00 bits per heavy atom. The predicted octanol–water partition coefficient (Wildman–Crippen LogP) is 3.84. The number of nitrogens with zero attached hydrogens (tertiary/aromatic N) is 2. The van der Waals surface area contributed by atoms with Gasteiger partial charge in [-0.15, -0.1) is 23.1 Å². The van der Waals surface area contributed by atoms with Crippen LogP contribution in [0.2, 0.25) is 0 Å². The zero-order valence-corrected chi connectivity index (χ0v) is 15.0. The van der Waals surface area contributed by atoms with Crippen molar-refractivity contribution in [1.82, 2.24) is 5.32 Å². The molecule has 6 heteroatoms. The first-order chi connectivity index (χ1) is 10.0. The zero-order chi connectivity index (χ0) is 15.4. The summed E-state index contributed by atoms with van der Waals surface area (Å²) in [5, 5.41) is 7.83. The fourth-order valence-electron chi connectivity index (χ4n) is 2.08. The summed E-state index contributed by atoms with van der Waals surface area (Å²) in [5.41, 5.74) is 2.37. The Bertz CT molecular complexity index is 546. The molecule has 0 radical (unpaired) electrons. The minimum absolute atomic E-state index is 0.705. The Morgan fingerprint density at radius 2 is 2.38 bits per heavy atom. The number of hydrogen-bond acceptors (Lipinski definition) is 5. The number of allylic oxidation sites excluding steroid dienone is 1. The van der Waals surface area contributed by atoms with Crippen molar-refractivity contribution in [1.29, 1.82) is 0 Å². The van der Waals surface area contributed by atoms with Crippen LogP contribution in [0.15, 0.2) is 27.2 Å². The normalized spacial score (nSPS) is 17.1. The number of nitrogens with one attached hydrogen (secondary N) is 2. The van der Waals surface area contributed by atoms with Crippen molar-refractivity contribution in [2.45, 2.75) is 25.0 Å². The summed E-state index contributed by atoms with van der Waals surface area (Å²) in [7, 11) is 3.77. The van der Waals surface area contributed by atoms with Gasteiger partial charge in [-0.25, -0.2) is 0 Å². The molecule has 1 aliphatic rings. The van der Waals surface area contributed by atoms with Gasteiger partial charge >= 0.3 is 0 Å². The minimum atomic E-state index is 0.705. The van der Waals surface area contributed by atoms with Crippen molar-refractivity contribution < 1.29 is 0 Å². The molecule has 21 heavy (non-hydrogen) atoms.